The zero-order valence-electron chi connectivity index (χ0n) is 13.1. The first-order valence-corrected chi connectivity index (χ1v) is 8.09. The molecule has 1 aliphatic carbocycles. The third kappa shape index (κ3) is 4.07. The Bertz CT molecular complexity index is 398. The van der Waals surface area contributed by atoms with Gasteiger partial charge >= 0.3 is 0 Å². The number of aliphatic hydroxyl groups is 1. The Morgan fingerprint density at radius 2 is 1.65 bits per heavy atom. The van der Waals surface area contributed by atoms with E-state index >= 15 is 0 Å². The summed E-state index contributed by atoms with van der Waals surface area (Å²) >= 11 is 0. The average molecular weight is 275 g/mol. The second-order valence-electron chi connectivity index (χ2n) is 6.56. The van der Waals surface area contributed by atoms with Gasteiger partial charge in [-0.2, -0.15) is 0 Å². The summed E-state index contributed by atoms with van der Waals surface area (Å²) in [6, 6.07) is 9.26. The second-order valence-corrected chi connectivity index (χ2v) is 6.56. The largest absolute Gasteiger partial charge is 0.393 e. The Morgan fingerprint density at radius 3 is 2.25 bits per heavy atom. The highest BCUT2D eigenvalue weighted by atomic mass is 16.3. The maximum Gasteiger partial charge on any atom is 0.0580 e. The molecule has 3 atom stereocenters. The molecule has 2 nitrogen and oxygen atoms in total. The molecule has 1 saturated carbocycles. The van der Waals surface area contributed by atoms with Gasteiger partial charge in [0.2, 0.25) is 0 Å². The van der Waals surface area contributed by atoms with Crippen LogP contribution in [0.4, 0.5) is 0 Å². The number of aliphatic hydroxyl groups excluding tert-OH is 1. The number of nitrogens with one attached hydrogen (secondary N) is 1. The minimum Gasteiger partial charge on any atom is -0.393 e. The molecule has 0 aromatic heterocycles. The van der Waals surface area contributed by atoms with Crippen LogP contribution in [0.25, 0.3) is 0 Å². The van der Waals surface area contributed by atoms with Crippen molar-refractivity contribution in [1.82, 2.24) is 5.32 Å². The Labute approximate surface area is 123 Å². The molecule has 3 unspecified atom stereocenters. The predicted octanol–water partition coefficient (Wildman–Crippen LogP) is 4.01. The molecule has 1 aromatic rings. The summed E-state index contributed by atoms with van der Waals surface area (Å²) in [6.07, 6.45) is 4.48. The van der Waals surface area contributed by atoms with Gasteiger partial charge in [-0.05, 0) is 42.7 Å². The van der Waals surface area contributed by atoms with E-state index in [0.717, 1.165) is 19.4 Å². The van der Waals surface area contributed by atoms with E-state index in [1.165, 1.54) is 24.0 Å². The molecule has 2 rings (SSSR count). The summed E-state index contributed by atoms with van der Waals surface area (Å²) in [6.45, 7) is 7.58. The van der Waals surface area contributed by atoms with Gasteiger partial charge in [0.25, 0.3) is 0 Å². The van der Waals surface area contributed by atoms with Crippen molar-refractivity contribution in [1.29, 1.82) is 0 Å². The monoisotopic (exact) mass is 275 g/mol. The molecule has 2 heteroatoms. The minimum atomic E-state index is -0.105. The van der Waals surface area contributed by atoms with Crippen molar-refractivity contribution < 1.29 is 5.11 Å². The molecule has 2 N–H and O–H groups in total. The maximum absolute atomic E-state index is 10.0. The highest BCUT2D eigenvalue weighted by molar-refractivity contribution is 5.26. The molecule has 0 amide bonds. The van der Waals surface area contributed by atoms with Crippen molar-refractivity contribution >= 4 is 0 Å². The number of rotatable bonds is 5. The van der Waals surface area contributed by atoms with Crippen LogP contribution in [0.15, 0.2) is 24.3 Å². The van der Waals surface area contributed by atoms with Crippen molar-refractivity contribution in [2.24, 2.45) is 5.92 Å². The number of hydrogen-bond acceptors (Lipinski definition) is 2. The lowest BCUT2D eigenvalue weighted by molar-refractivity contribution is 0.0684. The lowest BCUT2D eigenvalue weighted by Crippen LogP contribution is -2.34. The van der Waals surface area contributed by atoms with Crippen LogP contribution in [0.1, 0.15) is 69.5 Å². The first-order valence-electron chi connectivity index (χ1n) is 8.09. The lowest BCUT2D eigenvalue weighted by Gasteiger charge is -2.29. The highest BCUT2D eigenvalue weighted by Crippen LogP contribution is 2.25. The van der Waals surface area contributed by atoms with Gasteiger partial charge in [-0.3, -0.25) is 0 Å². The molecule has 112 valence electrons. The summed E-state index contributed by atoms with van der Waals surface area (Å²) in [7, 11) is 0. The third-order valence-electron chi connectivity index (χ3n) is 4.66. The molecule has 1 fully saturated rings. The van der Waals surface area contributed by atoms with E-state index < -0.39 is 0 Å². The van der Waals surface area contributed by atoms with Gasteiger partial charge in [-0.15, -0.1) is 0 Å². The topological polar surface area (TPSA) is 32.3 Å². The summed E-state index contributed by atoms with van der Waals surface area (Å²) in [5, 5.41) is 13.6. The standard InChI is InChI=1S/C18H29NO/c1-13(2)15-8-10-16(11-9-15)14(3)19-12-17-6-4-5-7-18(17)20/h8-11,13-14,17-20H,4-7,12H2,1-3H3. The van der Waals surface area contributed by atoms with Crippen LogP contribution in [0.5, 0.6) is 0 Å². The molecule has 0 heterocycles. The fourth-order valence-corrected chi connectivity index (χ4v) is 3.04. The normalized spacial score (nSPS) is 24.9. The van der Waals surface area contributed by atoms with E-state index in [9.17, 15) is 5.11 Å². The van der Waals surface area contributed by atoms with Crippen molar-refractivity contribution in [2.45, 2.75) is 64.5 Å². The van der Waals surface area contributed by atoms with Crippen molar-refractivity contribution in [3.05, 3.63) is 35.4 Å². The van der Waals surface area contributed by atoms with Gasteiger partial charge in [-0.25, -0.2) is 0 Å². The quantitative estimate of drug-likeness (QED) is 0.851. The van der Waals surface area contributed by atoms with Crippen LogP contribution < -0.4 is 5.32 Å². The fraction of sp³-hybridized carbons (Fsp3) is 0.667. The van der Waals surface area contributed by atoms with Crippen molar-refractivity contribution in [2.75, 3.05) is 6.54 Å². The summed E-state index contributed by atoms with van der Waals surface area (Å²) in [5.74, 6) is 1.02. The van der Waals surface area contributed by atoms with Gasteiger partial charge in [-0.1, -0.05) is 51.0 Å². The smallest absolute Gasteiger partial charge is 0.0580 e. The van der Waals surface area contributed by atoms with E-state index in [4.69, 9.17) is 0 Å². The molecular weight excluding hydrogens is 246 g/mol. The van der Waals surface area contributed by atoms with Crippen LogP contribution in [-0.4, -0.2) is 17.8 Å². The first kappa shape index (κ1) is 15.5. The van der Waals surface area contributed by atoms with Crippen LogP contribution in [0.3, 0.4) is 0 Å². The molecular formula is C18H29NO. The molecule has 0 bridgehead atoms. The Hall–Kier alpha value is -0.860. The highest BCUT2D eigenvalue weighted by Gasteiger charge is 2.23. The second kappa shape index (κ2) is 7.24. The molecule has 0 aliphatic heterocycles. The zero-order valence-corrected chi connectivity index (χ0v) is 13.1. The van der Waals surface area contributed by atoms with Gasteiger partial charge in [0, 0.05) is 12.6 Å². The lowest BCUT2D eigenvalue weighted by atomic mass is 9.86. The van der Waals surface area contributed by atoms with E-state index in [1.54, 1.807) is 0 Å². The van der Waals surface area contributed by atoms with Crippen LogP contribution >= 0.6 is 0 Å². The van der Waals surface area contributed by atoms with E-state index in [2.05, 4.69) is 50.4 Å². The molecule has 1 aliphatic rings. The van der Waals surface area contributed by atoms with Gasteiger partial charge < -0.3 is 10.4 Å². The predicted molar refractivity (Wildman–Crippen MR) is 84.9 cm³/mol. The van der Waals surface area contributed by atoms with E-state index in [0.29, 0.717) is 17.9 Å². The Balaban J connectivity index is 1.86. The Morgan fingerprint density at radius 1 is 1.05 bits per heavy atom. The number of hydrogen-bond donors (Lipinski definition) is 2. The third-order valence-corrected chi connectivity index (χ3v) is 4.66. The fourth-order valence-electron chi connectivity index (χ4n) is 3.04. The summed E-state index contributed by atoms with van der Waals surface area (Å²) < 4.78 is 0. The van der Waals surface area contributed by atoms with Gasteiger partial charge in [0.15, 0.2) is 0 Å². The summed E-state index contributed by atoms with van der Waals surface area (Å²) in [4.78, 5) is 0. The number of benzene rings is 1. The van der Waals surface area contributed by atoms with E-state index in [-0.39, 0.29) is 6.10 Å². The summed E-state index contributed by atoms with van der Waals surface area (Å²) in [5.41, 5.74) is 2.73. The SMILES string of the molecule is CC(C)c1ccc(C(C)NCC2CCCCC2O)cc1. The van der Waals surface area contributed by atoms with E-state index in [1.807, 2.05) is 0 Å². The molecule has 1 aromatic carbocycles. The molecule has 0 spiro atoms. The van der Waals surface area contributed by atoms with Crippen LogP contribution in [0, 0.1) is 5.92 Å². The van der Waals surface area contributed by atoms with Crippen molar-refractivity contribution in [3.63, 3.8) is 0 Å². The molecule has 0 saturated heterocycles. The Kier molecular flexibility index (Phi) is 5.62. The van der Waals surface area contributed by atoms with Crippen LogP contribution in [-0.2, 0) is 0 Å². The van der Waals surface area contributed by atoms with Crippen LogP contribution in [0.2, 0.25) is 0 Å². The first-order chi connectivity index (χ1) is 9.58. The molecule has 20 heavy (non-hydrogen) atoms. The van der Waals surface area contributed by atoms with Gasteiger partial charge in [0.05, 0.1) is 6.10 Å². The maximum atomic E-state index is 10.0. The van der Waals surface area contributed by atoms with Gasteiger partial charge in [0.1, 0.15) is 0 Å². The van der Waals surface area contributed by atoms with Crippen molar-refractivity contribution in [3.8, 4) is 0 Å². The zero-order chi connectivity index (χ0) is 14.5. The average Bonchev–Trinajstić information content (AvgIpc) is 2.46. The molecule has 0 radical (unpaired) electrons. The minimum absolute atomic E-state index is 0.105.